The molecule has 6 rings (SSSR count). The predicted octanol–water partition coefficient (Wildman–Crippen LogP) is 2.29. The molecule has 2 atom stereocenters. The van der Waals surface area contributed by atoms with Crippen molar-refractivity contribution in [2.24, 2.45) is 0 Å². The Balaban J connectivity index is 1.12. The van der Waals surface area contributed by atoms with E-state index in [-0.39, 0.29) is 43.2 Å². The first kappa shape index (κ1) is 21.2. The molecule has 1 saturated carbocycles. The summed E-state index contributed by atoms with van der Waals surface area (Å²) in [5.41, 5.74) is 2.50. The zero-order valence-electron chi connectivity index (χ0n) is 18.9. The summed E-state index contributed by atoms with van der Waals surface area (Å²) in [4.78, 5) is 48.3. The van der Waals surface area contributed by atoms with E-state index in [2.05, 4.69) is 14.9 Å². The number of carbonyl (C=O) groups is 3. The van der Waals surface area contributed by atoms with Crippen LogP contribution in [0.4, 0.5) is 0 Å². The summed E-state index contributed by atoms with van der Waals surface area (Å²) in [5.74, 6) is 0.283. The Morgan fingerprint density at radius 1 is 0.941 bits per heavy atom. The van der Waals surface area contributed by atoms with Gasteiger partial charge >= 0.3 is 0 Å². The van der Waals surface area contributed by atoms with Crippen LogP contribution in [-0.4, -0.2) is 67.8 Å². The van der Waals surface area contributed by atoms with E-state index in [1.807, 2.05) is 24.5 Å². The number of hydrogen-bond donors (Lipinski definition) is 0. The van der Waals surface area contributed by atoms with Crippen LogP contribution in [0.25, 0.3) is 0 Å². The van der Waals surface area contributed by atoms with Gasteiger partial charge in [-0.1, -0.05) is 0 Å². The van der Waals surface area contributed by atoms with Crippen LogP contribution in [0.1, 0.15) is 65.9 Å². The average molecular weight is 462 g/mol. The number of ether oxygens (including phenoxy) is 1. The quantitative estimate of drug-likeness (QED) is 0.631. The second-order valence-electron chi connectivity index (χ2n) is 9.61. The number of likely N-dealkylation sites (tertiary alicyclic amines) is 1. The Bertz CT molecular complexity index is 1120. The maximum absolute atomic E-state index is 12.9. The molecule has 34 heavy (non-hydrogen) atoms. The van der Waals surface area contributed by atoms with Gasteiger partial charge in [-0.3, -0.25) is 19.3 Å². The van der Waals surface area contributed by atoms with Gasteiger partial charge in [0.25, 0.3) is 5.91 Å². The molecule has 4 aliphatic rings. The molecule has 0 spiro atoms. The van der Waals surface area contributed by atoms with Crippen LogP contribution in [0.5, 0.6) is 5.75 Å². The smallest absolute Gasteiger partial charge is 0.273 e. The molecule has 0 N–H and O–H groups in total. The molecule has 2 aromatic rings. The van der Waals surface area contributed by atoms with Gasteiger partial charge in [-0.15, -0.1) is 0 Å². The molecule has 0 bridgehead atoms. The highest BCUT2D eigenvalue weighted by molar-refractivity contribution is 6.04. The van der Waals surface area contributed by atoms with Gasteiger partial charge < -0.3 is 4.74 Å². The minimum absolute atomic E-state index is 0.101. The molecule has 1 aromatic carbocycles. The Labute approximate surface area is 197 Å². The predicted molar refractivity (Wildman–Crippen MR) is 120 cm³/mol. The van der Waals surface area contributed by atoms with E-state index < -0.39 is 0 Å². The monoisotopic (exact) mass is 461 g/mol. The van der Waals surface area contributed by atoms with Crippen LogP contribution in [-0.2, 0) is 16.1 Å². The van der Waals surface area contributed by atoms with E-state index >= 15 is 0 Å². The molecule has 9 heteroatoms. The first-order valence-corrected chi connectivity index (χ1v) is 12.0. The van der Waals surface area contributed by atoms with E-state index in [1.54, 1.807) is 12.4 Å². The Morgan fingerprint density at radius 2 is 1.71 bits per heavy atom. The number of rotatable bonds is 5. The van der Waals surface area contributed by atoms with Gasteiger partial charge in [-0.25, -0.2) is 15.0 Å². The largest absolute Gasteiger partial charge is 0.489 e. The number of nitrogens with zero attached hydrogens (tertiary/aromatic N) is 5. The van der Waals surface area contributed by atoms with E-state index in [1.165, 1.54) is 10.6 Å². The number of fused-ring (bicyclic) bond motifs is 1. The summed E-state index contributed by atoms with van der Waals surface area (Å²) in [6.07, 6.45) is 9.82. The first-order chi connectivity index (χ1) is 16.6. The average Bonchev–Trinajstić information content (AvgIpc) is 3.38. The molecule has 4 heterocycles. The molecule has 3 fully saturated rings. The molecule has 3 aliphatic heterocycles. The third-order valence-corrected chi connectivity index (χ3v) is 7.49. The molecule has 0 unspecified atom stereocenters. The summed E-state index contributed by atoms with van der Waals surface area (Å²) in [5, 5.41) is 2.32. The van der Waals surface area contributed by atoms with Crippen molar-refractivity contribution in [2.45, 2.75) is 63.1 Å². The summed E-state index contributed by atoms with van der Waals surface area (Å²) in [7, 11) is 0. The van der Waals surface area contributed by atoms with Crippen molar-refractivity contribution < 1.29 is 19.1 Å². The van der Waals surface area contributed by atoms with Gasteiger partial charge in [0, 0.05) is 55.8 Å². The Hall–Kier alpha value is -3.33. The fourth-order valence-electron chi connectivity index (χ4n) is 5.68. The van der Waals surface area contributed by atoms with Crippen LogP contribution in [0.15, 0.2) is 36.9 Å². The van der Waals surface area contributed by atoms with Crippen LogP contribution in [0.3, 0.4) is 0 Å². The van der Waals surface area contributed by atoms with E-state index in [4.69, 9.17) is 4.74 Å². The molecule has 1 aliphatic carbocycles. The summed E-state index contributed by atoms with van der Waals surface area (Å²) < 4.78 is 6.43. The van der Waals surface area contributed by atoms with Crippen molar-refractivity contribution in [1.29, 1.82) is 0 Å². The second-order valence-corrected chi connectivity index (χ2v) is 9.61. The van der Waals surface area contributed by atoms with Crippen molar-refractivity contribution in [3.63, 3.8) is 0 Å². The second kappa shape index (κ2) is 8.47. The number of hydrazine groups is 1. The molecule has 1 aromatic heterocycles. The molecule has 2 saturated heterocycles. The molecule has 9 nitrogen and oxygen atoms in total. The molecule has 3 amide bonds. The van der Waals surface area contributed by atoms with Crippen molar-refractivity contribution in [3.05, 3.63) is 53.6 Å². The fraction of sp³-hybridized carbons (Fsp3) is 0.480. The van der Waals surface area contributed by atoms with Crippen LogP contribution in [0, 0.1) is 0 Å². The highest BCUT2D eigenvalue weighted by atomic mass is 16.5. The van der Waals surface area contributed by atoms with Gasteiger partial charge in [-0.05, 0) is 55.0 Å². The third kappa shape index (κ3) is 3.64. The van der Waals surface area contributed by atoms with Crippen molar-refractivity contribution >= 4 is 17.7 Å². The lowest BCUT2D eigenvalue weighted by molar-refractivity contribution is -0.163. The van der Waals surface area contributed by atoms with Crippen molar-refractivity contribution in [3.8, 4) is 5.75 Å². The maximum atomic E-state index is 12.9. The summed E-state index contributed by atoms with van der Waals surface area (Å²) >= 11 is 0. The molecular weight excluding hydrogens is 434 g/mol. The van der Waals surface area contributed by atoms with Crippen LogP contribution >= 0.6 is 0 Å². The number of benzene rings is 1. The first-order valence-electron chi connectivity index (χ1n) is 12.0. The number of amides is 3. The number of carbonyl (C=O) groups excluding carboxylic acids is 3. The minimum atomic E-state index is -0.308. The van der Waals surface area contributed by atoms with Crippen molar-refractivity contribution in [2.75, 3.05) is 13.1 Å². The van der Waals surface area contributed by atoms with Gasteiger partial charge in [0.2, 0.25) is 11.8 Å². The number of aromatic nitrogens is 2. The highest BCUT2D eigenvalue weighted by Crippen LogP contribution is 2.37. The number of imide groups is 1. The van der Waals surface area contributed by atoms with Crippen LogP contribution < -0.4 is 4.74 Å². The van der Waals surface area contributed by atoms with E-state index in [0.717, 1.165) is 48.7 Å². The van der Waals surface area contributed by atoms with Crippen molar-refractivity contribution in [1.82, 2.24) is 24.9 Å². The molecule has 176 valence electrons. The number of piperidine rings is 1. The fourth-order valence-corrected chi connectivity index (χ4v) is 5.68. The van der Waals surface area contributed by atoms with Gasteiger partial charge in [-0.2, -0.15) is 5.01 Å². The minimum Gasteiger partial charge on any atom is -0.489 e. The zero-order chi connectivity index (χ0) is 23.2. The lowest BCUT2D eigenvalue weighted by Gasteiger charge is -2.45. The zero-order valence-corrected chi connectivity index (χ0v) is 18.9. The molecular formula is C25H27N5O4. The Kier molecular flexibility index (Phi) is 5.28. The van der Waals surface area contributed by atoms with Crippen LogP contribution in [0.2, 0.25) is 0 Å². The molecule has 0 radical (unpaired) electrons. The highest BCUT2D eigenvalue weighted by Gasteiger charge is 2.42. The van der Waals surface area contributed by atoms with Gasteiger partial charge in [0.05, 0.1) is 6.54 Å². The third-order valence-electron chi connectivity index (χ3n) is 7.49. The van der Waals surface area contributed by atoms with Gasteiger partial charge in [0.15, 0.2) is 0 Å². The maximum Gasteiger partial charge on any atom is 0.273 e. The Morgan fingerprint density at radius 3 is 2.47 bits per heavy atom. The lowest BCUT2D eigenvalue weighted by atomic mass is 9.91. The van der Waals surface area contributed by atoms with E-state index in [0.29, 0.717) is 23.9 Å². The topological polar surface area (TPSA) is 95.9 Å². The SMILES string of the molecule is O=C1c2ccc(O[C@@H]3CCC[C@@H]3N3CC(c4cncnc4)C3)cc2CN1N1C(=O)CCCC1=O. The standard InChI is InChI=1S/C25H27N5O4/c31-23-5-2-6-24(32)30(23)29-14-16-9-19(7-8-20(16)25(29)33)34-22-4-1-3-21(22)28-12-18(13-28)17-10-26-15-27-11-17/h7-11,15,18,21-22H,1-6,12-14H2/t21-,22+/m0/s1. The van der Waals surface area contributed by atoms with E-state index in [9.17, 15) is 14.4 Å². The summed E-state index contributed by atoms with van der Waals surface area (Å²) in [6, 6.07) is 5.85. The number of hydrogen-bond acceptors (Lipinski definition) is 7. The summed E-state index contributed by atoms with van der Waals surface area (Å²) in [6.45, 7) is 2.19. The normalized spacial score (nSPS) is 25.6. The lowest BCUT2D eigenvalue weighted by Crippen LogP contribution is -2.54. The van der Waals surface area contributed by atoms with Gasteiger partial charge in [0.1, 0.15) is 18.2 Å².